The molecule has 1 aromatic rings. The lowest BCUT2D eigenvalue weighted by Gasteiger charge is -2.21. The van der Waals surface area contributed by atoms with E-state index in [0.29, 0.717) is 6.54 Å². The third-order valence-corrected chi connectivity index (χ3v) is 4.73. The molecule has 138 valence electrons. The van der Waals surface area contributed by atoms with Crippen LogP contribution >= 0.6 is 12.4 Å². The number of benzene rings is 1. The van der Waals surface area contributed by atoms with Gasteiger partial charge in [-0.05, 0) is 38.1 Å². The molecule has 6 nitrogen and oxygen atoms in total. The van der Waals surface area contributed by atoms with Gasteiger partial charge >= 0.3 is 0 Å². The molecule has 9 heteroatoms. The molecule has 0 saturated carbocycles. The summed E-state index contributed by atoms with van der Waals surface area (Å²) in [6, 6.07) is 4.10. The van der Waals surface area contributed by atoms with Crippen LogP contribution in [-0.4, -0.2) is 40.5 Å². The third kappa shape index (κ3) is 6.72. The molecule has 24 heavy (non-hydrogen) atoms. The van der Waals surface area contributed by atoms with E-state index < -0.39 is 32.7 Å². The summed E-state index contributed by atoms with van der Waals surface area (Å²) in [7, 11) is -2.31. The van der Waals surface area contributed by atoms with E-state index >= 15 is 0 Å². The molecule has 0 radical (unpaired) electrons. The first-order valence-electron chi connectivity index (χ1n) is 7.48. The van der Waals surface area contributed by atoms with Crippen molar-refractivity contribution in [2.75, 3.05) is 20.1 Å². The van der Waals surface area contributed by atoms with Gasteiger partial charge in [0.2, 0.25) is 15.9 Å². The maximum absolute atomic E-state index is 13.7. The Morgan fingerprint density at radius 3 is 2.38 bits per heavy atom. The minimum Gasteiger partial charge on any atom is -0.355 e. The van der Waals surface area contributed by atoms with Crippen LogP contribution in [0, 0.1) is 11.7 Å². The molecule has 0 saturated heterocycles. The van der Waals surface area contributed by atoms with Gasteiger partial charge in [-0.15, -0.1) is 12.4 Å². The largest absolute Gasteiger partial charge is 0.355 e. The molecule has 0 heterocycles. The lowest BCUT2D eigenvalue weighted by atomic mass is 10.1. The van der Waals surface area contributed by atoms with E-state index in [1.165, 1.54) is 18.2 Å². The van der Waals surface area contributed by atoms with Gasteiger partial charge in [0.1, 0.15) is 16.8 Å². The number of carbonyl (C=O) groups excluding carboxylic acids is 1. The van der Waals surface area contributed by atoms with Gasteiger partial charge in [-0.25, -0.2) is 12.8 Å². The number of hydrogen-bond acceptors (Lipinski definition) is 4. The molecule has 0 aliphatic rings. The van der Waals surface area contributed by atoms with E-state index in [1.54, 1.807) is 20.9 Å². The topological polar surface area (TPSA) is 87.3 Å². The molecular formula is C15H25ClFN3O3S. The van der Waals surface area contributed by atoms with Gasteiger partial charge in [0.15, 0.2) is 0 Å². The molecule has 0 fully saturated rings. The van der Waals surface area contributed by atoms with Gasteiger partial charge in [0, 0.05) is 6.54 Å². The van der Waals surface area contributed by atoms with Crippen LogP contribution in [0.1, 0.15) is 20.3 Å². The first-order chi connectivity index (χ1) is 10.8. The summed E-state index contributed by atoms with van der Waals surface area (Å²) >= 11 is 0. The number of rotatable bonds is 9. The van der Waals surface area contributed by atoms with Gasteiger partial charge in [0.25, 0.3) is 0 Å². The van der Waals surface area contributed by atoms with E-state index in [9.17, 15) is 17.6 Å². The summed E-state index contributed by atoms with van der Waals surface area (Å²) in [5.74, 6) is -1.55. The fourth-order valence-corrected chi connectivity index (χ4v) is 3.40. The van der Waals surface area contributed by atoms with Gasteiger partial charge in [-0.2, -0.15) is 4.72 Å². The second-order valence-corrected chi connectivity index (χ2v) is 7.20. The van der Waals surface area contributed by atoms with Gasteiger partial charge in [-0.3, -0.25) is 4.79 Å². The van der Waals surface area contributed by atoms with Crippen molar-refractivity contribution in [1.29, 1.82) is 0 Å². The monoisotopic (exact) mass is 381 g/mol. The Morgan fingerprint density at radius 2 is 1.83 bits per heavy atom. The van der Waals surface area contributed by atoms with E-state index in [2.05, 4.69) is 15.4 Å². The lowest BCUT2D eigenvalue weighted by molar-refractivity contribution is -0.123. The standard InChI is InChI=1S/C15H24FN3O3S.ClH/c1-11(2)14(15(20)18-10-6-9-17-3)19-23(21,22)13-8-5-4-7-12(13)16;/h4-5,7-8,11,14,17,19H,6,9-10H2,1-3H3,(H,18,20);1H. The second-order valence-electron chi connectivity index (χ2n) is 5.52. The number of nitrogens with one attached hydrogen (secondary N) is 3. The number of carbonyl (C=O) groups is 1. The molecule has 1 amide bonds. The predicted molar refractivity (Wildman–Crippen MR) is 94.1 cm³/mol. The normalized spacial score (nSPS) is 12.5. The average Bonchev–Trinajstić information content (AvgIpc) is 2.49. The van der Waals surface area contributed by atoms with Gasteiger partial charge < -0.3 is 10.6 Å². The number of sulfonamides is 1. The van der Waals surface area contributed by atoms with Crippen molar-refractivity contribution < 1.29 is 17.6 Å². The van der Waals surface area contributed by atoms with Crippen LogP contribution in [0.4, 0.5) is 4.39 Å². The minimum absolute atomic E-state index is 0. The van der Waals surface area contributed by atoms with Crippen LogP contribution in [0.15, 0.2) is 29.2 Å². The maximum atomic E-state index is 13.7. The summed E-state index contributed by atoms with van der Waals surface area (Å²) in [5.41, 5.74) is 0. The first kappa shape index (κ1) is 22.8. The van der Waals surface area contributed by atoms with Crippen molar-refractivity contribution in [1.82, 2.24) is 15.4 Å². The Hall–Kier alpha value is -1.22. The first-order valence-corrected chi connectivity index (χ1v) is 8.97. The lowest BCUT2D eigenvalue weighted by Crippen LogP contribution is -2.50. The Bertz CT molecular complexity index is 626. The molecule has 1 aromatic carbocycles. The molecule has 0 aliphatic heterocycles. The van der Waals surface area contributed by atoms with Crippen molar-refractivity contribution in [2.24, 2.45) is 5.92 Å². The molecular weight excluding hydrogens is 357 g/mol. The molecule has 1 atom stereocenters. The van der Waals surface area contributed by atoms with Crippen LogP contribution < -0.4 is 15.4 Å². The summed E-state index contributed by atoms with van der Waals surface area (Å²) in [5, 5.41) is 5.64. The van der Waals surface area contributed by atoms with Crippen LogP contribution in [0.25, 0.3) is 0 Å². The number of halogens is 2. The quantitative estimate of drug-likeness (QED) is 0.562. The molecule has 0 aromatic heterocycles. The van der Waals surface area contributed by atoms with Crippen LogP contribution in [0.5, 0.6) is 0 Å². The second kappa shape index (κ2) is 10.6. The highest BCUT2D eigenvalue weighted by atomic mass is 35.5. The molecule has 0 spiro atoms. The zero-order valence-electron chi connectivity index (χ0n) is 14.0. The molecule has 1 rings (SSSR count). The van der Waals surface area contributed by atoms with Crippen molar-refractivity contribution >= 4 is 28.3 Å². The molecule has 0 bridgehead atoms. The van der Waals surface area contributed by atoms with Crippen molar-refractivity contribution in [3.63, 3.8) is 0 Å². The number of hydrogen-bond donors (Lipinski definition) is 3. The van der Waals surface area contributed by atoms with E-state index in [-0.39, 0.29) is 18.3 Å². The summed E-state index contributed by atoms with van der Waals surface area (Å²) in [6.07, 6.45) is 0.729. The molecule has 1 unspecified atom stereocenters. The molecule has 3 N–H and O–H groups in total. The minimum atomic E-state index is -4.11. The predicted octanol–water partition coefficient (Wildman–Crippen LogP) is 1.28. The highest BCUT2D eigenvalue weighted by Gasteiger charge is 2.29. The zero-order valence-corrected chi connectivity index (χ0v) is 15.6. The Morgan fingerprint density at radius 1 is 1.21 bits per heavy atom. The van der Waals surface area contributed by atoms with Crippen LogP contribution in [0.2, 0.25) is 0 Å². The van der Waals surface area contributed by atoms with Crippen LogP contribution in [0.3, 0.4) is 0 Å². The van der Waals surface area contributed by atoms with Crippen molar-refractivity contribution in [2.45, 2.75) is 31.2 Å². The molecule has 0 aliphatic carbocycles. The highest BCUT2D eigenvalue weighted by Crippen LogP contribution is 2.15. The smallest absolute Gasteiger partial charge is 0.244 e. The van der Waals surface area contributed by atoms with Crippen molar-refractivity contribution in [3.05, 3.63) is 30.1 Å². The fourth-order valence-electron chi connectivity index (χ4n) is 1.97. The maximum Gasteiger partial charge on any atom is 0.244 e. The van der Waals surface area contributed by atoms with E-state index in [0.717, 1.165) is 19.0 Å². The van der Waals surface area contributed by atoms with E-state index in [4.69, 9.17) is 0 Å². The van der Waals surface area contributed by atoms with Crippen LogP contribution in [-0.2, 0) is 14.8 Å². The average molecular weight is 382 g/mol. The SMILES string of the molecule is CNCCCNC(=O)C(NS(=O)(=O)c1ccccc1F)C(C)C.Cl. The summed E-state index contributed by atoms with van der Waals surface area (Å²) in [4.78, 5) is 11.7. The highest BCUT2D eigenvalue weighted by molar-refractivity contribution is 7.89. The Kier molecular flexibility index (Phi) is 10.1. The zero-order chi connectivity index (χ0) is 17.5. The van der Waals surface area contributed by atoms with E-state index in [1.807, 2.05) is 0 Å². The van der Waals surface area contributed by atoms with Gasteiger partial charge in [-0.1, -0.05) is 26.0 Å². The third-order valence-electron chi connectivity index (χ3n) is 3.26. The Labute approximate surface area is 149 Å². The van der Waals surface area contributed by atoms with Crippen molar-refractivity contribution in [3.8, 4) is 0 Å². The Balaban J connectivity index is 0.00000529. The number of amides is 1. The fraction of sp³-hybridized carbons (Fsp3) is 0.533. The summed E-state index contributed by atoms with van der Waals surface area (Å²) in [6.45, 7) is 4.63. The van der Waals surface area contributed by atoms with Gasteiger partial charge in [0.05, 0.1) is 0 Å². The summed E-state index contributed by atoms with van der Waals surface area (Å²) < 4.78 is 40.6.